The summed E-state index contributed by atoms with van der Waals surface area (Å²) in [4.78, 5) is 16.9. The third kappa shape index (κ3) is 5.20. The molecule has 4 rings (SSSR count). The molecule has 34 heavy (non-hydrogen) atoms. The van der Waals surface area contributed by atoms with Crippen LogP contribution in [0.2, 0.25) is 0 Å². The van der Waals surface area contributed by atoms with Crippen molar-refractivity contribution >= 4 is 17.5 Å². The average Bonchev–Trinajstić information content (AvgIpc) is 3.20. The van der Waals surface area contributed by atoms with E-state index in [4.69, 9.17) is 9.84 Å². The fourth-order valence-electron chi connectivity index (χ4n) is 4.02. The van der Waals surface area contributed by atoms with E-state index in [2.05, 4.69) is 26.3 Å². The van der Waals surface area contributed by atoms with Gasteiger partial charge in [-0.3, -0.25) is 10.2 Å². The normalized spacial score (nSPS) is 14.0. The molecule has 0 unspecified atom stereocenters. The summed E-state index contributed by atoms with van der Waals surface area (Å²) < 4.78 is 7.19. The number of aryl methyl sites for hydroxylation is 1. The molecular weight excluding hydrogens is 432 g/mol. The average molecular weight is 461 g/mol. The summed E-state index contributed by atoms with van der Waals surface area (Å²) in [5.41, 5.74) is 4.53. The molecule has 0 atom stereocenters. The molecule has 2 aromatic carbocycles. The number of aliphatic hydroxyl groups excluding tert-OH is 1. The second-order valence-corrected chi connectivity index (χ2v) is 8.25. The van der Waals surface area contributed by atoms with Gasteiger partial charge in [-0.15, -0.1) is 0 Å². The Morgan fingerprint density at radius 3 is 2.56 bits per heavy atom. The van der Waals surface area contributed by atoms with Crippen LogP contribution in [0, 0.1) is 25.2 Å². The third-order valence-corrected chi connectivity index (χ3v) is 5.94. The molecule has 9 nitrogen and oxygen atoms in total. The first-order valence-electron chi connectivity index (χ1n) is 11.2. The largest absolute Gasteiger partial charge is 0.417 e. The fourth-order valence-corrected chi connectivity index (χ4v) is 4.02. The summed E-state index contributed by atoms with van der Waals surface area (Å²) in [6.07, 6.45) is 0.857. The summed E-state index contributed by atoms with van der Waals surface area (Å²) in [5, 5.41) is 25.8. The number of β-amino-alcohol motifs (C(OH)–C–C–N with tert-alkyl or cyclic N) is 1. The van der Waals surface area contributed by atoms with Crippen LogP contribution in [-0.2, 0) is 0 Å². The first-order chi connectivity index (χ1) is 16.5. The Labute approximate surface area is 198 Å². The zero-order valence-corrected chi connectivity index (χ0v) is 19.4. The second-order valence-electron chi connectivity index (χ2n) is 8.25. The van der Waals surface area contributed by atoms with Crippen LogP contribution in [0.4, 0.5) is 16.2 Å². The molecule has 0 radical (unpaired) electrons. The zero-order chi connectivity index (χ0) is 24.1. The highest BCUT2D eigenvalue weighted by Gasteiger charge is 2.20. The minimum atomic E-state index is -0.652. The molecule has 1 aliphatic heterocycles. The maximum atomic E-state index is 12.5. The van der Waals surface area contributed by atoms with E-state index < -0.39 is 6.09 Å². The van der Waals surface area contributed by atoms with Crippen LogP contribution in [0.15, 0.2) is 48.7 Å². The summed E-state index contributed by atoms with van der Waals surface area (Å²) in [6.45, 7) is 7.85. The van der Waals surface area contributed by atoms with E-state index in [9.17, 15) is 10.1 Å². The minimum Gasteiger partial charge on any atom is -0.406 e. The van der Waals surface area contributed by atoms with E-state index in [0.717, 1.165) is 43.1 Å². The van der Waals surface area contributed by atoms with E-state index in [0.29, 0.717) is 29.2 Å². The van der Waals surface area contributed by atoms with Gasteiger partial charge in [-0.05, 0) is 44.2 Å². The number of carbonyl (C=O) groups excluding carboxylic acids is 1. The van der Waals surface area contributed by atoms with Gasteiger partial charge in [0.2, 0.25) is 0 Å². The predicted octanol–water partition coefficient (Wildman–Crippen LogP) is 3.09. The van der Waals surface area contributed by atoms with E-state index in [1.807, 2.05) is 44.2 Å². The number of ether oxygens (including phenoxy) is 1. The Morgan fingerprint density at radius 2 is 1.88 bits per heavy atom. The van der Waals surface area contributed by atoms with Crippen LogP contribution >= 0.6 is 0 Å². The van der Waals surface area contributed by atoms with Crippen molar-refractivity contribution in [2.24, 2.45) is 0 Å². The molecule has 1 aromatic heterocycles. The number of aliphatic hydroxyl groups is 1. The molecule has 1 saturated heterocycles. The fraction of sp³-hybridized carbons (Fsp3) is 0.320. The molecule has 3 aromatic rings. The smallest absolute Gasteiger partial charge is 0.406 e. The Hall–Kier alpha value is -3.87. The number of hydrogen-bond donors (Lipinski definition) is 2. The van der Waals surface area contributed by atoms with Gasteiger partial charge >= 0.3 is 6.09 Å². The number of rotatable bonds is 6. The molecule has 0 spiro atoms. The highest BCUT2D eigenvalue weighted by atomic mass is 16.6. The van der Waals surface area contributed by atoms with E-state index in [1.165, 1.54) is 6.20 Å². The molecule has 0 saturated carbocycles. The molecule has 176 valence electrons. The maximum Gasteiger partial charge on any atom is 0.417 e. The number of nitrogens with zero attached hydrogens (tertiary/aromatic N) is 5. The summed E-state index contributed by atoms with van der Waals surface area (Å²) >= 11 is 0. The standard InChI is InChI=1S/C25H28N6O3/c1-18-3-6-22(7-4-18)31-19(2)24(17-27-31)34-25(33)28-21-5-8-23(20(15-21)16-26)30-11-9-29(10-12-30)13-14-32/h3-8,15,17,32H,9-14H2,1-2H3,(H,28,33). The molecule has 9 heteroatoms. The Balaban J connectivity index is 1.41. The van der Waals surface area contributed by atoms with Crippen LogP contribution in [0.1, 0.15) is 16.8 Å². The number of amides is 1. The highest BCUT2D eigenvalue weighted by Crippen LogP contribution is 2.26. The molecule has 1 amide bonds. The Morgan fingerprint density at radius 1 is 1.15 bits per heavy atom. The lowest BCUT2D eigenvalue weighted by molar-refractivity contribution is 0.189. The van der Waals surface area contributed by atoms with Gasteiger partial charge in [0.05, 0.1) is 35.4 Å². The number of carbonyl (C=O) groups is 1. The quantitative estimate of drug-likeness (QED) is 0.582. The Kier molecular flexibility index (Phi) is 7.11. The Bertz CT molecular complexity index is 1190. The van der Waals surface area contributed by atoms with Crippen LogP contribution in [0.25, 0.3) is 5.69 Å². The van der Waals surface area contributed by atoms with Crippen molar-refractivity contribution < 1.29 is 14.6 Å². The van der Waals surface area contributed by atoms with Gasteiger partial charge in [0, 0.05) is 38.4 Å². The molecule has 0 bridgehead atoms. The third-order valence-electron chi connectivity index (χ3n) is 5.94. The molecule has 1 aliphatic rings. The van der Waals surface area contributed by atoms with Crippen LogP contribution in [-0.4, -0.2) is 65.2 Å². The predicted molar refractivity (Wildman–Crippen MR) is 130 cm³/mol. The van der Waals surface area contributed by atoms with Crippen molar-refractivity contribution in [3.8, 4) is 17.5 Å². The van der Waals surface area contributed by atoms with Crippen molar-refractivity contribution in [1.29, 1.82) is 5.26 Å². The van der Waals surface area contributed by atoms with Gasteiger partial charge in [0.25, 0.3) is 0 Å². The number of anilines is 2. The van der Waals surface area contributed by atoms with Gasteiger partial charge < -0.3 is 14.7 Å². The lowest BCUT2D eigenvalue weighted by Gasteiger charge is -2.36. The number of benzene rings is 2. The summed E-state index contributed by atoms with van der Waals surface area (Å²) in [6, 6.07) is 15.4. The zero-order valence-electron chi connectivity index (χ0n) is 19.4. The molecule has 0 aliphatic carbocycles. The second kappa shape index (κ2) is 10.4. The number of nitrogens with one attached hydrogen (secondary N) is 1. The minimum absolute atomic E-state index is 0.145. The van der Waals surface area contributed by atoms with Crippen molar-refractivity contribution in [1.82, 2.24) is 14.7 Å². The molecule has 2 heterocycles. The van der Waals surface area contributed by atoms with Gasteiger partial charge in [-0.2, -0.15) is 10.4 Å². The first kappa shape index (κ1) is 23.3. The van der Waals surface area contributed by atoms with E-state index in [1.54, 1.807) is 16.8 Å². The summed E-state index contributed by atoms with van der Waals surface area (Å²) in [7, 11) is 0. The number of hydrogen-bond acceptors (Lipinski definition) is 7. The van der Waals surface area contributed by atoms with Gasteiger partial charge in [0.15, 0.2) is 5.75 Å². The van der Waals surface area contributed by atoms with Crippen LogP contribution in [0.5, 0.6) is 5.75 Å². The maximum absolute atomic E-state index is 12.5. The van der Waals surface area contributed by atoms with Crippen LogP contribution in [0.3, 0.4) is 0 Å². The monoisotopic (exact) mass is 460 g/mol. The van der Waals surface area contributed by atoms with Crippen LogP contribution < -0.4 is 15.0 Å². The summed E-state index contributed by atoms with van der Waals surface area (Å²) in [5.74, 6) is 0.357. The van der Waals surface area contributed by atoms with E-state index in [-0.39, 0.29) is 6.61 Å². The number of nitriles is 1. The van der Waals surface area contributed by atoms with Gasteiger partial charge in [0.1, 0.15) is 6.07 Å². The van der Waals surface area contributed by atoms with Crippen molar-refractivity contribution in [2.75, 3.05) is 49.5 Å². The molecule has 1 fully saturated rings. The lowest BCUT2D eigenvalue weighted by atomic mass is 10.1. The van der Waals surface area contributed by atoms with Gasteiger partial charge in [-0.1, -0.05) is 17.7 Å². The number of aromatic nitrogens is 2. The van der Waals surface area contributed by atoms with E-state index >= 15 is 0 Å². The van der Waals surface area contributed by atoms with Crippen molar-refractivity contribution in [3.63, 3.8) is 0 Å². The molecule has 2 N–H and O–H groups in total. The topological polar surface area (TPSA) is 107 Å². The number of piperazine rings is 1. The van der Waals surface area contributed by atoms with Crippen molar-refractivity contribution in [3.05, 3.63) is 65.5 Å². The SMILES string of the molecule is Cc1ccc(-n2ncc(OC(=O)Nc3ccc(N4CCN(CCO)CC4)c(C#N)c3)c2C)cc1. The van der Waals surface area contributed by atoms with Gasteiger partial charge in [-0.25, -0.2) is 9.48 Å². The lowest BCUT2D eigenvalue weighted by Crippen LogP contribution is -2.47. The highest BCUT2D eigenvalue weighted by molar-refractivity contribution is 5.87. The molecular formula is C25H28N6O3. The first-order valence-corrected chi connectivity index (χ1v) is 11.2. The van der Waals surface area contributed by atoms with Crippen molar-refractivity contribution in [2.45, 2.75) is 13.8 Å².